The van der Waals surface area contributed by atoms with Crippen molar-refractivity contribution in [2.45, 2.75) is 33.2 Å². The minimum atomic E-state index is 0.767. The molecule has 0 unspecified atom stereocenters. The highest BCUT2D eigenvalue weighted by molar-refractivity contribution is 5.65. The molecule has 108 valence electrons. The maximum atomic E-state index is 5.76. The molecule has 0 fully saturated rings. The third kappa shape index (κ3) is 3.39. The Balaban J connectivity index is 2.22. The van der Waals surface area contributed by atoms with Crippen molar-refractivity contribution in [3.05, 3.63) is 35.5 Å². The first-order valence-corrected chi connectivity index (χ1v) is 7.18. The maximum Gasteiger partial charge on any atom is 0.119 e. The predicted molar refractivity (Wildman–Crippen MR) is 81.9 cm³/mol. The van der Waals surface area contributed by atoms with Gasteiger partial charge in [0.1, 0.15) is 5.75 Å². The molecule has 2 rings (SSSR count). The van der Waals surface area contributed by atoms with E-state index in [1.165, 1.54) is 5.56 Å². The van der Waals surface area contributed by atoms with Gasteiger partial charge in [0.15, 0.2) is 0 Å². The van der Waals surface area contributed by atoms with Gasteiger partial charge in [-0.05, 0) is 32.5 Å². The molecule has 1 heterocycles. The first-order chi connectivity index (χ1) is 9.76. The van der Waals surface area contributed by atoms with Crippen molar-refractivity contribution in [2.75, 3.05) is 13.7 Å². The molecule has 20 heavy (non-hydrogen) atoms. The van der Waals surface area contributed by atoms with E-state index in [0.717, 1.165) is 48.7 Å². The highest BCUT2D eigenvalue weighted by Gasteiger charge is 2.12. The Morgan fingerprint density at radius 3 is 2.95 bits per heavy atom. The highest BCUT2D eigenvalue weighted by Crippen LogP contribution is 2.26. The van der Waals surface area contributed by atoms with E-state index in [9.17, 15) is 0 Å². The Kier molecular flexibility index (Phi) is 5.18. The average Bonchev–Trinajstić information content (AvgIpc) is 2.82. The third-order valence-corrected chi connectivity index (χ3v) is 3.30. The number of benzene rings is 1. The van der Waals surface area contributed by atoms with Gasteiger partial charge in [-0.2, -0.15) is 5.10 Å². The molecule has 0 atom stereocenters. The van der Waals surface area contributed by atoms with Crippen molar-refractivity contribution in [3.63, 3.8) is 0 Å². The summed E-state index contributed by atoms with van der Waals surface area (Å²) in [5.41, 5.74) is 4.40. The summed E-state index contributed by atoms with van der Waals surface area (Å²) in [7, 11) is 1.94. The van der Waals surface area contributed by atoms with E-state index in [0.29, 0.717) is 0 Å². The molecule has 0 bridgehead atoms. The largest absolute Gasteiger partial charge is 0.494 e. The number of unbranched alkanes of at least 4 members (excludes halogenated alkanes) is 1. The fourth-order valence-electron chi connectivity index (χ4n) is 2.15. The summed E-state index contributed by atoms with van der Waals surface area (Å²) < 4.78 is 5.76. The number of nitrogens with one attached hydrogen (secondary N) is 2. The van der Waals surface area contributed by atoms with Crippen LogP contribution < -0.4 is 10.1 Å². The summed E-state index contributed by atoms with van der Waals surface area (Å²) in [6.45, 7) is 5.78. The van der Waals surface area contributed by atoms with E-state index < -0.39 is 0 Å². The Hall–Kier alpha value is -1.81. The maximum absolute atomic E-state index is 5.76. The van der Waals surface area contributed by atoms with Crippen molar-refractivity contribution in [1.82, 2.24) is 15.5 Å². The molecule has 0 aliphatic carbocycles. The fraction of sp³-hybridized carbons (Fsp3) is 0.438. The van der Waals surface area contributed by atoms with Crippen LogP contribution in [-0.2, 0) is 6.54 Å². The molecule has 0 aliphatic heterocycles. The Labute approximate surface area is 120 Å². The minimum Gasteiger partial charge on any atom is -0.494 e. The number of hydrogen-bond acceptors (Lipinski definition) is 3. The molecule has 0 aliphatic rings. The van der Waals surface area contributed by atoms with Gasteiger partial charge in [0.25, 0.3) is 0 Å². The van der Waals surface area contributed by atoms with Crippen LogP contribution in [0.2, 0.25) is 0 Å². The zero-order chi connectivity index (χ0) is 14.4. The summed E-state index contributed by atoms with van der Waals surface area (Å²) in [5.74, 6) is 0.909. The van der Waals surface area contributed by atoms with Crippen molar-refractivity contribution in [3.8, 4) is 17.0 Å². The minimum absolute atomic E-state index is 0.767. The van der Waals surface area contributed by atoms with E-state index >= 15 is 0 Å². The van der Waals surface area contributed by atoms with Gasteiger partial charge in [0.2, 0.25) is 0 Å². The lowest BCUT2D eigenvalue weighted by molar-refractivity contribution is 0.309. The smallest absolute Gasteiger partial charge is 0.119 e. The summed E-state index contributed by atoms with van der Waals surface area (Å²) in [6.07, 6.45) is 2.22. The van der Waals surface area contributed by atoms with E-state index in [4.69, 9.17) is 4.74 Å². The van der Waals surface area contributed by atoms with Crippen LogP contribution >= 0.6 is 0 Å². The van der Waals surface area contributed by atoms with Crippen molar-refractivity contribution >= 4 is 0 Å². The van der Waals surface area contributed by atoms with Crippen LogP contribution in [-0.4, -0.2) is 23.9 Å². The van der Waals surface area contributed by atoms with Crippen LogP contribution in [0.5, 0.6) is 5.75 Å². The second-order valence-electron chi connectivity index (χ2n) is 4.94. The standard InChI is InChI=1S/C16H23N3O/c1-4-5-9-20-14-8-6-7-13(10-14)16-15(11-17-3)12(2)18-19-16/h6-8,10,17H,4-5,9,11H2,1-3H3,(H,18,19). The second kappa shape index (κ2) is 7.10. The van der Waals surface area contributed by atoms with Gasteiger partial charge in [-0.15, -0.1) is 0 Å². The molecule has 0 amide bonds. The first-order valence-electron chi connectivity index (χ1n) is 7.18. The Morgan fingerprint density at radius 2 is 2.20 bits per heavy atom. The average molecular weight is 273 g/mol. The van der Waals surface area contributed by atoms with Gasteiger partial charge in [0.05, 0.1) is 12.3 Å². The topological polar surface area (TPSA) is 49.9 Å². The molecule has 1 aromatic heterocycles. The van der Waals surface area contributed by atoms with Gasteiger partial charge in [-0.25, -0.2) is 0 Å². The molecular formula is C16H23N3O. The number of aryl methyl sites for hydroxylation is 1. The Bertz CT molecular complexity index is 548. The Morgan fingerprint density at radius 1 is 1.35 bits per heavy atom. The summed E-state index contributed by atoms with van der Waals surface area (Å²) in [5, 5.41) is 10.7. The van der Waals surface area contributed by atoms with Gasteiger partial charge in [-0.1, -0.05) is 25.5 Å². The van der Waals surface area contributed by atoms with Crippen LogP contribution in [0.25, 0.3) is 11.3 Å². The third-order valence-electron chi connectivity index (χ3n) is 3.30. The molecule has 0 spiro atoms. The van der Waals surface area contributed by atoms with Crippen LogP contribution in [0.3, 0.4) is 0 Å². The molecule has 2 N–H and O–H groups in total. The van der Waals surface area contributed by atoms with Gasteiger partial charge in [0, 0.05) is 23.4 Å². The summed E-state index contributed by atoms with van der Waals surface area (Å²) in [6, 6.07) is 8.14. The molecule has 2 aromatic rings. The van der Waals surface area contributed by atoms with Crippen molar-refractivity contribution < 1.29 is 4.74 Å². The van der Waals surface area contributed by atoms with E-state index in [1.807, 2.05) is 26.1 Å². The summed E-state index contributed by atoms with van der Waals surface area (Å²) in [4.78, 5) is 0. The number of nitrogens with zero attached hydrogens (tertiary/aromatic N) is 1. The molecule has 0 radical (unpaired) electrons. The number of hydrogen-bond donors (Lipinski definition) is 2. The fourth-order valence-corrected chi connectivity index (χ4v) is 2.15. The van der Waals surface area contributed by atoms with Crippen molar-refractivity contribution in [1.29, 1.82) is 0 Å². The number of rotatable bonds is 7. The zero-order valence-electron chi connectivity index (χ0n) is 12.5. The van der Waals surface area contributed by atoms with Gasteiger partial charge in [-0.3, -0.25) is 5.10 Å². The monoisotopic (exact) mass is 273 g/mol. The number of aromatic nitrogens is 2. The van der Waals surface area contributed by atoms with Crippen molar-refractivity contribution in [2.24, 2.45) is 0 Å². The zero-order valence-corrected chi connectivity index (χ0v) is 12.5. The molecule has 4 heteroatoms. The normalized spacial score (nSPS) is 10.8. The number of ether oxygens (including phenoxy) is 1. The van der Waals surface area contributed by atoms with E-state index in [1.54, 1.807) is 0 Å². The van der Waals surface area contributed by atoms with Gasteiger partial charge < -0.3 is 10.1 Å². The molecule has 0 saturated heterocycles. The van der Waals surface area contributed by atoms with Crippen LogP contribution in [0.1, 0.15) is 31.0 Å². The lowest BCUT2D eigenvalue weighted by atomic mass is 10.1. The molecule has 0 saturated carbocycles. The van der Waals surface area contributed by atoms with Crippen LogP contribution in [0.4, 0.5) is 0 Å². The highest BCUT2D eigenvalue weighted by atomic mass is 16.5. The van der Waals surface area contributed by atoms with E-state index in [-0.39, 0.29) is 0 Å². The lowest BCUT2D eigenvalue weighted by Gasteiger charge is -2.08. The van der Waals surface area contributed by atoms with Gasteiger partial charge >= 0.3 is 0 Å². The molecule has 1 aromatic carbocycles. The first kappa shape index (κ1) is 14.6. The second-order valence-corrected chi connectivity index (χ2v) is 4.94. The SMILES string of the molecule is CCCCOc1cccc(-c2n[nH]c(C)c2CNC)c1. The number of aromatic amines is 1. The van der Waals surface area contributed by atoms with Crippen LogP contribution in [0.15, 0.2) is 24.3 Å². The van der Waals surface area contributed by atoms with Crippen LogP contribution in [0, 0.1) is 6.92 Å². The lowest BCUT2D eigenvalue weighted by Crippen LogP contribution is -2.06. The number of H-pyrrole nitrogens is 1. The predicted octanol–water partition coefficient (Wildman–Crippen LogP) is 3.28. The molecular weight excluding hydrogens is 250 g/mol. The molecule has 4 nitrogen and oxygen atoms in total. The van der Waals surface area contributed by atoms with E-state index in [2.05, 4.69) is 34.6 Å². The summed E-state index contributed by atoms with van der Waals surface area (Å²) >= 11 is 0. The quantitative estimate of drug-likeness (QED) is 0.761.